The van der Waals surface area contributed by atoms with Crippen molar-refractivity contribution in [3.05, 3.63) is 48.7 Å². The maximum absolute atomic E-state index is 12.2. The summed E-state index contributed by atoms with van der Waals surface area (Å²) in [7, 11) is 0. The van der Waals surface area contributed by atoms with Crippen molar-refractivity contribution in [1.82, 2.24) is 14.6 Å². The van der Waals surface area contributed by atoms with Gasteiger partial charge in [-0.2, -0.15) is 5.26 Å². The van der Waals surface area contributed by atoms with E-state index in [1.54, 1.807) is 0 Å². The molecular formula is C16H13N5OS2. The van der Waals surface area contributed by atoms with Crippen LogP contribution < -0.4 is 5.32 Å². The van der Waals surface area contributed by atoms with Gasteiger partial charge in [-0.15, -0.1) is 22.0 Å². The maximum atomic E-state index is 12.2. The Morgan fingerprint density at radius 3 is 2.88 bits per heavy atom. The van der Waals surface area contributed by atoms with E-state index >= 15 is 0 Å². The first-order valence-electron chi connectivity index (χ1n) is 7.09. The van der Waals surface area contributed by atoms with E-state index in [1.165, 1.54) is 23.5 Å². The molecule has 0 atom stereocenters. The lowest BCUT2D eigenvalue weighted by Crippen LogP contribution is -2.14. The Hall–Kier alpha value is -2.50. The van der Waals surface area contributed by atoms with Crippen LogP contribution in [0.2, 0.25) is 0 Å². The molecule has 8 heteroatoms. The van der Waals surface area contributed by atoms with E-state index < -0.39 is 0 Å². The molecule has 1 amide bonds. The summed E-state index contributed by atoms with van der Waals surface area (Å²) in [5, 5.41) is 20.4. The first-order valence-corrected chi connectivity index (χ1v) is 9.06. The monoisotopic (exact) mass is 355 g/mol. The highest BCUT2D eigenvalue weighted by Gasteiger charge is 2.10. The fraction of sp³-hybridized carbons (Fsp3) is 0.125. The summed E-state index contributed by atoms with van der Waals surface area (Å²) in [5.41, 5.74) is 1.47. The number of amides is 1. The van der Waals surface area contributed by atoms with Crippen molar-refractivity contribution in [3.63, 3.8) is 0 Å². The molecule has 0 bridgehead atoms. The zero-order chi connectivity index (χ0) is 16.8. The molecule has 1 N–H and O–H groups in total. The number of pyridine rings is 1. The quantitative estimate of drug-likeness (QED) is 0.684. The summed E-state index contributed by atoms with van der Waals surface area (Å²) < 4.78 is 1.84. The Morgan fingerprint density at radius 1 is 1.17 bits per heavy atom. The number of nitriles is 1. The molecule has 0 fully saturated rings. The van der Waals surface area contributed by atoms with Gasteiger partial charge in [-0.1, -0.05) is 30.0 Å². The van der Waals surface area contributed by atoms with Crippen molar-refractivity contribution in [3.8, 4) is 6.07 Å². The molecule has 0 saturated carbocycles. The van der Waals surface area contributed by atoms with E-state index in [0.29, 0.717) is 10.9 Å². The number of benzene rings is 1. The lowest BCUT2D eigenvalue weighted by atomic mass is 10.3. The molecule has 2 aromatic heterocycles. The highest BCUT2D eigenvalue weighted by Crippen LogP contribution is 2.27. The van der Waals surface area contributed by atoms with Gasteiger partial charge < -0.3 is 5.32 Å². The van der Waals surface area contributed by atoms with Crippen molar-refractivity contribution in [2.24, 2.45) is 0 Å². The van der Waals surface area contributed by atoms with Gasteiger partial charge in [-0.25, -0.2) is 0 Å². The van der Waals surface area contributed by atoms with Gasteiger partial charge in [0.2, 0.25) is 5.91 Å². The molecule has 24 heavy (non-hydrogen) atoms. The third kappa shape index (κ3) is 3.88. The predicted octanol–water partition coefficient (Wildman–Crippen LogP) is 3.08. The zero-order valence-corrected chi connectivity index (χ0v) is 14.2. The van der Waals surface area contributed by atoms with Crippen LogP contribution in [-0.2, 0) is 4.79 Å². The molecule has 3 aromatic rings. The largest absolute Gasteiger partial charge is 0.324 e. The minimum absolute atomic E-state index is 0.127. The molecule has 0 radical (unpaired) electrons. The van der Waals surface area contributed by atoms with Crippen molar-refractivity contribution in [1.29, 1.82) is 5.26 Å². The number of carbonyl (C=O) groups is 1. The van der Waals surface area contributed by atoms with E-state index in [1.807, 2.05) is 53.1 Å². The van der Waals surface area contributed by atoms with Crippen molar-refractivity contribution in [2.75, 3.05) is 16.8 Å². The smallest absolute Gasteiger partial charge is 0.234 e. The van der Waals surface area contributed by atoms with E-state index in [9.17, 15) is 4.79 Å². The number of anilines is 1. The zero-order valence-electron chi connectivity index (χ0n) is 12.5. The maximum Gasteiger partial charge on any atom is 0.234 e. The highest BCUT2D eigenvalue weighted by atomic mass is 32.2. The molecular weight excluding hydrogens is 342 g/mol. The number of hydrogen-bond acceptors (Lipinski definition) is 6. The number of hydrogen-bond donors (Lipinski definition) is 1. The van der Waals surface area contributed by atoms with Crippen LogP contribution in [0.4, 0.5) is 5.69 Å². The van der Waals surface area contributed by atoms with Gasteiger partial charge in [0.25, 0.3) is 0 Å². The summed E-state index contributed by atoms with van der Waals surface area (Å²) in [6.45, 7) is 0. The number of thioether (sulfide) groups is 2. The topological polar surface area (TPSA) is 83.1 Å². The van der Waals surface area contributed by atoms with E-state index in [0.717, 1.165) is 16.2 Å². The second kappa shape index (κ2) is 7.86. The Bertz CT molecular complexity index is 903. The predicted molar refractivity (Wildman–Crippen MR) is 95.1 cm³/mol. The van der Waals surface area contributed by atoms with E-state index in [2.05, 4.69) is 21.6 Å². The van der Waals surface area contributed by atoms with Gasteiger partial charge in [0.15, 0.2) is 10.8 Å². The number of fused-ring (bicyclic) bond motifs is 1. The Balaban J connectivity index is 1.63. The second-order valence-electron chi connectivity index (χ2n) is 4.69. The molecule has 0 saturated heterocycles. The summed E-state index contributed by atoms with van der Waals surface area (Å²) in [6, 6.07) is 15.2. The van der Waals surface area contributed by atoms with Crippen LogP contribution in [0.15, 0.2) is 58.7 Å². The SMILES string of the molecule is N#CCSc1ccccc1NC(=O)CSc1nnc2ccccn12. The van der Waals surface area contributed by atoms with Gasteiger partial charge in [-0.05, 0) is 24.3 Å². The van der Waals surface area contributed by atoms with Crippen LogP contribution in [0.3, 0.4) is 0 Å². The number of rotatable bonds is 6. The van der Waals surface area contributed by atoms with Crippen molar-refractivity contribution < 1.29 is 4.79 Å². The average Bonchev–Trinajstić information content (AvgIpc) is 3.02. The lowest BCUT2D eigenvalue weighted by molar-refractivity contribution is -0.113. The van der Waals surface area contributed by atoms with E-state index in [4.69, 9.17) is 5.26 Å². The summed E-state index contributed by atoms with van der Waals surface area (Å²) in [6.07, 6.45) is 1.86. The van der Waals surface area contributed by atoms with Crippen LogP contribution in [-0.4, -0.2) is 32.0 Å². The third-order valence-electron chi connectivity index (χ3n) is 3.07. The Labute approximate surface area is 147 Å². The Morgan fingerprint density at radius 2 is 2.00 bits per heavy atom. The number of nitrogens with zero attached hydrogens (tertiary/aromatic N) is 4. The van der Waals surface area contributed by atoms with Crippen LogP contribution >= 0.6 is 23.5 Å². The molecule has 0 aliphatic heterocycles. The lowest BCUT2D eigenvalue weighted by Gasteiger charge is -2.09. The number of carbonyl (C=O) groups excluding carboxylic acids is 1. The third-order valence-corrected chi connectivity index (χ3v) is 4.95. The molecule has 0 aliphatic rings. The fourth-order valence-electron chi connectivity index (χ4n) is 2.04. The number of para-hydroxylation sites is 1. The molecule has 3 rings (SSSR count). The summed E-state index contributed by atoms with van der Waals surface area (Å²) in [5.74, 6) is 0.443. The second-order valence-corrected chi connectivity index (χ2v) is 6.65. The summed E-state index contributed by atoms with van der Waals surface area (Å²) in [4.78, 5) is 13.1. The normalized spacial score (nSPS) is 10.5. The van der Waals surface area contributed by atoms with Gasteiger partial charge in [0, 0.05) is 11.1 Å². The minimum atomic E-state index is -0.127. The van der Waals surface area contributed by atoms with Gasteiger partial charge in [-0.3, -0.25) is 9.20 Å². The van der Waals surface area contributed by atoms with Crippen molar-refractivity contribution >= 4 is 40.8 Å². The van der Waals surface area contributed by atoms with Crippen LogP contribution in [0, 0.1) is 11.3 Å². The number of nitrogens with one attached hydrogen (secondary N) is 1. The molecule has 120 valence electrons. The molecule has 0 spiro atoms. The highest BCUT2D eigenvalue weighted by molar-refractivity contribution is 8.00. The fourth-order valence-corrected chi connectivity index (χ4v) is 3.43. The van der Waals surface area contributed by atoms with Crippen LogP contribution in [0.25, 0.3) is 5.65 Å². The van der Waals surface area contributed by atoms with Crippen molar-refractivity contribution in [2.45, 2.75) is 10.1 Å². The first kappa shape index (κ1) is 16.4. The molecule has 2 heterocycles. The first-order chi connectivity index (χ1) is 11.8. The number of aromatic nitrogens is 3. The van der Waals surface area contributed by atoms with Gasteiger partial charge >= 0.3 is 0 Å². The molecule has 1 aromatic carbocycles. The molecule has 6 nitrogen and oxygen atoms in total. The molecule has 0 aliphatic carbocycles. The Kier molecular flexibility index (Phi) is 5.36. The minimum Gasteiger partial charge on any atom is -0.324 e. The standard InChI is InChI=1S/C16H13N5OS2/c17-8-10-23-13-6-2-1-5-12(13)18-15(22)11-24-16-20-19-14-7-3-4-9-21(14)16/h1-7,9H,10-11H2,(H,18,22). The van der Waals surface area contributed by atoms with Gasteiger partial charge in [0.05, 0.1) is 23.3 Å². The van der Waals surface area contributed by atoms with Crippen LogP contribution in [0.5, 0.6) is 0 Å². The molecule has 0 unspecified atom stereocenters. The summed E-state index contributed by atoms with van der Waals surface area (Å²) >= 11 is 2.72. The van der Waals surface area contributed by atoms with Gasteiger partial charge in [0.1, 0.15) is 0 Å². The van der Waals surface area contributed by atoms with Crippen LogP contribution in [0.1, 0.15) is 0 Å². The average molecular weight is 355 g/mol. The van der Waals surface area contributed by atoms with E-state index in [-0.39, 0.29) is 11.7 Å².